The first kappa shape index (κ1) is 18.9. The molecule has 0 radical (unpaired) electrons. The van der Waals surface area contributed by atoms with Gasteiger partial charge in [-0.05, 0) is 48.0 Å². The fourth-order valence-electron chi connectivity index (χ4n) is 2.02. The molecule has 0 saturated carbocycles. The third kappa shape index (κ3) is 5.28. The van der Waals surface area contributed by atoms with E-state index in [0.29, 0.717) is 16.0 Å². The molecule has 2 amide bonds. The number of halogens is 2. The van der Waals surface area contributed by atoms with Gasteiger partial charge in [0.15, 0.2) is 11.9 Å². The van der Waals surface area contributed by atoms with Crippen LogP contribution in [0, 0.1) is 12.7 Å². The molecule has 7 nitrogen and oxygen atoms in total. The molecule has 0 unspecified atom stereocenters. The Morgan fingerprint density at radius 2 is 2.16 bits per heavy atom. The number of hydrogen-bond donors (Lipinski definition) is 1. The van der Waals surface area contributed by atoms with Gasteiger partial charge < -0.3 is 19.5 Å². The van der Waals surface area contributed by atoms with Gasteiger partial charge in [0, 0.05) is 13.1 Å². The Bertz CT molecular complexity index is 780. The summed E-state index contributed by atoms with van der Waals surface area (Å²) in [5.74, 6) is -0.0650. The van der Waals surface area contributed by atoms with E-state index in [1.54, 1.807) is 19.9 Å². The van der Waals surface area contributed by atoms with E-state index in [1.807, 2.05) is 0 Å². The highest BCUT2D eigenvalue weighted by molar-refractivity contribution is 9.10. The fourth-order valence-corrected chi connectivity index (χ4v) is 2.47. The Kier molecular flexibility index (Phi) is 6.13. The maximum absolute atomic E-state index is 13.1. The summed E-state index contributed by atoms with van der Waals surface area (Å²) in [6.45, 7) is 3.07. The highest BCUT2D eigenvalue weighted by atomic mass is 79.9. The van der Waals surface area contributed by atoms with Crippen molar-refractivity contribution >= 4 is 33.6 Å². The summed E-state index contributed by atoms with van der Waals surface area (Å²) in [4.78, 5) is 25.5. The minimum Gasteiger partial charge on any atom is -0.480 e. The van der Waals surface area contributed by atoms with Crippen LogP contribution in [-0.2, 0) is 9.59 Å². The zero-order valence-corrected chi connectivity index (χ0v) is 15.5. The second-order valence-corrected chi connectivity index (χ2v) is 6.25. The summed E-state index contributed by atoms with van der Waals surface area (Å²) in [7, 11) is 1.48. The highest BCUT2D eigenvalue weighted by Gasteiger charge is 2.22. The molecule has 1 atom stereocenters. The van der Waals surface area contributed by atoms with Gasteiger partial charge in [-0.25, -0.2) is 4.39 Å². The maximum atomic E-state index is 13.1. The number of nitrogens with zero attached hydrogens (tertiary/aromatic N) is 2. The number of benzene rings is 1. The molecule has 0 aliphatic carbocycles. The first-order chi connectivity index (χ1) is 11.8. The number of likely N-dealkylation sites (N-methyl/N-ethyl adjacent to an activating group) is 1. The third-order valence-corrected chi connectivity index (χ3v) is 3.82. The van der Waals surface area contributed by atoms with Gasteiger partial charge in [0.05, 0.1) is 11.0 Å². The van der Waals surface area contributed by atoms with Gasteiger partial charge in [-0.1, -0.05) is 5.16 Å². The number of amides is 2. The Hall–Kier alpha value is -2.42. The molecule has 134 valence electrons. The lowest BCUT2D eigenvalue weighted by atomic mass is 10.3. The largest absolute Gasteiger partial charge is 0.480 e. The van der Waals surface area contributed by atoms with Gasteiger partial charge in [0.2, 0.25) is 5.91 Å². The van der Waals surface area contributed by atoms with Crippen molar-refractivity contribution in [3.8, 4) is 5.75 Å². The predicted octanol–water partition coefficient (Wildman–Crippen LogP) is 2.75. The fraction of sp³-hybridized carbons (Fsp3) is 0.312. The first-order valence-electron chi connectivity index (χ1n) is 7.36. The van der Waals surface area contributed by atoms with E-state index in [4.69, 9.17) is 9.26 Å². The van der Waals surface area contributed by atoms with Crippen LogP contribution in [0.15, 0.2) is 33.3 Å². The zero-order chi connectivity index (χ0) is 18.6. The van der Waals surface area contributed by atoms with Crippen LogP contribution in [0.5, 0.6) is 5.75 Å². The zero-order valence-electron chi connectivity index (χ0n) is 13.9. The molecule has 25 heavy (non-hydrogen) atoms. The summed E-state index contributed by atoms with van der Waals surface area (Å²) in [6, 6.07) is 5.46. The molecule has 0 aliphatic rings. The molecule has 1 aromatic heterocycles. The predicted molar refractivity (Wildman–Crippen MR) is 91.7 cm³/mol. The number of rotatable bonds is 6. The Morgan fingerprint density at radius 3 is 2.76 bits per heavy atom. The van der Waals surface area contributed by atoms with Crippen molar-refractivity contribution in [2.24, 2.45) is 0 Å². The van der Waals surface area contributed by atoms with Crippen molar-refractivity contribution in [2.75, 3.05) is 18.9 Å². The third-order valence-electron chi connectivity index (χ3n) is 3.20. The lowest BCUT2D eigenvalue weighted by molar-refractivity contribution is -0.139. The average Bonchev–Trinajstić information content (AvgIpc) is 2.93. The van der Waals surface area contributed by atoms with Gasteiger partial charge in [-0.3, -0.25) is 9.59 Å². The van der Waals surface area contributed by atoms with Crippen molar-refractivity contribution in [1.82, 2.24) is 10.1 Å². The van der Waals surface area contributed by atoms with Gasteiger partial charge in [0.25, 0.3) is 5.91 Å². The molecule has 2 rings (SSSR count). The first-order valence-corrected chi connectivity index (χ1v) is 8.15. The molecule has 0 spiro atoms. The normalized spacial score (nSPS) is 11.7. The number of nitrogens with one attached hydrogen (secondary N) is 1. The van der Waals surface area contributed by atoms with Crippen LogP contribution in [0.3, 0.4) is 0 Å². The van der Waals surface area contributed by atoms with E-state index in [9.17, 15) is 14.0 Å². The van der Waals surface area contributed by atoms with Crippen molar-refractivity contribution in [1.29, 1.82) is 0 Å². The molecule has 9 heteroatoms. The summed E-state index contributed by atoms with van der Waals surface area (Å²) < 4.78 is 23.8. The summed E-state index contributed by atoms with van der Waals surface area (Å²) in [6.07, 6.45) is -0.853. The topological polar surface area (TPSA) is 84.7 Å². The number of anilines is 1. The average molecular weight is 414 g/mol. The van der Waals surface area contributed by atoms with Crippen molar-refractivity contribution in [3.05, 3.63) is 40.3 Å². The molecule has 0 saturated heterocycles. The van der Waals surface area contributed by atoms with Gasteiger partial charge in [-0.15, -0.1) is 0 Å². The molecule has 0 bridgehead atoms. The van der Waals surface area contributed by atoms with E-state index in [2.05, 4.69) is 26.4 Å². The summed E-state index contributed by atoms with van der Waals surface area (Å²) in [5.41, 5.74) is 0. The Balaban J connectivity index is 1.90. The van der Waals surface area contributed by atoms with Crippen LogP contribution in [0.25, 0.3) is 0 Å². The molecular formula is C16H17BrFN3O4. The summed E-state index contributed by atoms with van der Waals surface area (Å²) in [5, 5.41) is 6.17. The van der Waals surface area contributed by atoms with Crippen molar-refractivity contribution < 1.29 is 23.2 Å². The SMILES string of the molecule is Cc1cc(NC(=O)CN(C)C(=O)[C@H](C)Oc2ccc(F)cc2Br)no1. The molecule has 0 fully saturated rings. The minimum absolute atomic E-state index is 0.178. The second-order valence-electron chi connectivity index (χ2n) is 5.40. The quantitative estimate of drug-likeness (QED) is 0.786. The van der Waals surface area contributed by atoms with Gasteiger partial charge >= 0.3 is 0 Å². The summed E-state index contributed by atoms with van der Waals surface area (Å²) >= 11 is 3.17. The lowest BCUT2D eigenvalue weighted by Gasteiger charge is -2.22. The van der Waals surface area contributed by atoms with Crippen LogP contribution in [0.4, 0.5) is 10.2 Å². The monoisotopic (exact) mass is 413 g/mol. The van der Waals surface area contributed by atoms with E-state index < -0.39 is 23.7 Å². The van der Waals surface area contributed by atoms with Crippen LogP contribution < -0.4 is 10.1 Å². The molecular weight excluding hydrogens is 397 g/mol. The lowest BCUT2D eigenvalue weighted by Crippen LogP contribution is -2.42. The molecule has 0 aliphatic heterocycles. The second kappa shape index (κ2) is 8.11. The number of ether oxygens (including phenoxy) is 1. The number of aryl methyl sites for hydroxylation is 1. The number of carbonyl (C=O) groups is 2. The van der Waals surface area contributed by atoms with Crippen LogP contribution in [0.2, 0.25) is 0 Å². The van der Waals surface area contributed by atoms with E-state index in [1.165, 1.54) is 30.1 Å². The molecule has 1 N–H and O–H groups in total. The van der Waals surface area contributed by atoms with Crippen molar-refractivity contribution in [3.63, 3.8) is 0 Å². The van der Waals surface area contributed by atoms with Crippen LogP contribution in [0.1, 0.15) is 12.7 Å². The molecule has 1 aromatic carbocycles. The maximum Gasteiger partial charge on any atom is 0.263 e. The Morgan fingerprint density at radius 1 is 1.44 bits per heavy atom. The van der Waals surface area contributed by atoms with Crippen molar-refractivity contribution in [2.45, 2.75) is 20.0 Å². The van der Waals surface area contributed by atoms with E-state index in [0.717, 1.165) is 0 Å². The highest BCUT2D eigenvalue weighted by Crippen LogP contribution is 2.26. The minimum atomic E-state index is -0.853. The molecule has 1 heterocycles. The number of hydrogen-bond acceptors (Lipinski definition) is 5. The van der Waals surface area contributed by atoms with E-state index >= 15 is 0 Å². The number of carbonyl (C=O) groups excluding carboxylic acids is 2. The van der Waals surface area contributed by atoms with E-state index in [-0.39, 0.29) is 12.4 Å². The van der Waals surface area contributed by atoms with Crippen LogP contribution in [-0.4, -0.2) is 41.6 Å². The Labute approximate surface area is 152 Å². The number of aromatic nitrogens is 1. The molecule has 2 aromatic rings. The van der Waals surface area contributed by atoms with Gasteiger partial charge in [0.1, 0.15) is 17.3 Å². The van der Waals surface area contributed by atoms with Gasteiger partial charge in [-0.2, -0.15) is 0 Å². The smallest absolute Gasteiger partial charge is 0.263 e. The van der Waals surface area contributed by atoms with Crippen LogP contribution >= 0.6 is 15.9 Å². The standard InChI is InChI=1S/C16H17BrFN3O4/c1-9-6-14(20-25-9)19-15(22)8-21(3)16(23)10(2)24-13-5-4-11(18)7-12(13)17/h4-7,10H,8H2,1-3H3,(H,19,20,22)/t10-/m0/s1.